The van der Waals surface area contributed by atoms with Crippen LogP contribution in [0, 0.1) is 5.82 Å². The van der Waals surface area contributed by atoms with Crippen LogP contribution in [0.1, 0.15) is 6.92 Å². The van der Waals surface area contributed by atoms with Gasteiger partial charge in [-0.2, -0.15) is 0 Å². The van der Waals surface area contributed by atoms with Gasteiger partial charge in [0.1, 0.15) is 11.6 Å². The van der Waals surface area contributed by atoms with Crippen LogP contribution in [0.2, 0.25) is 0 Å². The van der Waals surface area contributed by atoms with Crippen molar-refractivity contribution in [1.29, 1.82) is 0 Å². The summed E-state index contributed by atoms with van der Waals surface area (Å²) in [5.41, 5.74) is 0.627. The lowest BCUT2D eigenvalue weighted by Gasteiger charge is -2.15. The first kappa shape index (κ1) is 16.7. The molecule has 0 radical (unpaired) electrons. The number of aliphatic hydroxyl groups is 1. The maximum Gasteiger partial charge on any atom is 0.144 e. The molecule has 1 aromatic carbocycles. The summed E-state index contributed by atoms with van der Waals surface area (Å²) in [5.74, 6) is 0.0293. The van der Waals surface area contributed by atoms with Crippen molar-refractivity contribution in [2.75, 3.05) is 45.4 Å². The van der Waals surface area contributed by atoms with E-state index in [0.29, 0.717) is 31.3 Å². The molecule has 6 heteroatoms. The van der Waals surface area contributed by atoms with Gasteiger partial charge in [0.15, 0.2) is 0 Å². The molecule has 0 bridgehead atoms. The Kier molecular flexibility index (Phi) is 7.94. The largest absolute Gasteiger partial charge is 0.494 e. The minimum Gasteiger partial charge on any atom is -0.494 e. The predicted molar refractivity (Wildman–Crippen MR) is 74.8 cm³/mol. The number of benzene rings is 1. The number of hydrogen-bond acceptors (Lipinski definition) is 5. The van der Waals surface area contributed by atoms with Crippen LogP contribution in [0.3, 0.4) is 0 Å². The third kappa shape index (κ3) is 6.18. The highest BCUT2D eigenvalue weighted by atomic mass is 19.1. The Morgan fingerprint density at radius 2 is 2.05 bits per heavy atom. The average molecular weight is 287 g/mol. The molecule has 1 rings (SSSR count). The van der Waals surface area contributed by atoms with E-state index in [9.17, 15) is 9.50 Å². The molecule has 2 N–H and O–H groups in total. The molecule has 1 aromatic rings. The maximum atomic E-state index is 13.0. The van der Waals surface area contributed by atoms with Gasteiger partial charge in [-0.25, -0.2) is 4.39 Å². The van der Waals surface area contributed by atoms with Gasteiger partial charge in [-0.3, -0.25) is 0 Å². The van der Waals surface area contributed by atoms with E-state index in [1.807, 2.05) is 6.92 Å². The van der Waals surface area contributed by atoms with E-state index in [-0.39, 0.29) is 19.0 Å². The Hall–Kier alpha value is -1.37. The zero-order valence-electron chi connectivity index (χ0n) is 11.9. The summed E-state index contributed by atoms with van der Waals surface area (Å²) < 4.78 is 28.4. The topological polar surface area (TPSA) is 60.0 Å². The summed E-state index contributed by atoms with van der Waals surface area (Å²) in [6, 6.07) is 4.18. The van der Waals surface area contributed by atoms with Crippen LogP contribution in [0.25, 0.3) is 0 Å². The van der Waals surface area contributed by atoms with Gasteiger partial charge in [0.2, 0.25) is 0 Å². The van der Waals surface area contributed by atoms with Gasteiger partial charge < -0.3 is 24.6 Å². The van der Waals surface area contributed by atoms with Crippen molar-refractivity contribution in [2.45, 2.75) is 13.0 Å². The molecule has 20 heavy (non-hydrogen) atoms. The second-order valence-corrected chi connectivity index (χ2v) is 4.15. The van der Waals surface area contributed by atoms with Gasteiger partial charge in [-0.1, -0.05) is 0 Å². The normalized spacial score (nSPS) is 12.2. The van der Waals surface area contributed by atoms with E-state index in [0.717, 1.165) is 0 Å². The van der Waals surface area contributed by atoms with Crippen molar-refractivity contribution in [2.24, 2.45) is 0 Å². The fourth-order valence-electron chi connectivity index (χ4n) is 1.58. The highest BCUT2D eigenvalue weighted by Crippen LogP contribution is 2.24. The van der Waals surface area contributed by atoms with E-state index >= 15 is 0 Å². The number of nitrogens with one attached hydrogen (secondary N) is 1. The van der Waals surface area contributed by atoms with Crippen LogP contribution in [-0.4, -0.2) is 51.3 Å². The molecule has 0 aliphatic heterocycles. The zero-order valence-corrected chi connectivity index (χ0v) is 11.9. The van der Waals surface area contributed by atoms with E-state index in [1.165, 1.54) is 19.2 Å². The van der Waals surface area contributed by atoms with Gasteiger partial charge in [-0.15, -0.1) is 0 Å². The van der Waals surface area contributed by atoms with Crippen molar-refractivity contribution in [1.82, 2.24) is 0 Å². The SMILES string of the molecule is CCOCCOCC(O)CNc1ccc(F)cc1OC. The number of anilines is 1. The summed E-state index contributed by atoms with van der Waals surface area (Å²) in [6.07, 6.45) is -0.661. The van der Waals surface area contributed by atoms with E-state index < -0.39 is 6.10 Å². The number of halogens is 1. The molecule has 0 aliphatic carbocycles. The van der Waals surface area contributed by atoms with E-state index in [1.54, 1.807) is 6.07 Å². The summed E-state index contributed by atoms with van der Waals surface area (Å²) in [4.78, 5) is 0. The first-order valence-corrected chi connectivity index (χ1v) is 6.58. The van der Waals surface area contributed by atoms with Crippen molar-refractivity contribution in [3.8, 4) is 5.75 Å². The second-order valence-electron chi connectivity index (χ2n) is 4.15. The molecule has 0 amide bonds. The maximum absolute atomic E-state index is 13.0. The van der Waals surface area contributed by atoms with Crippen LogP contribution >= 0.6 is 0 Å². The first-order chi connectivity index (χ1) is 9.67. The van der Waals surface area contributed by atoms with Crippen molar-refractivity contribution in [3.63, 3.8) is 0 Å². The quantitative estimate of drug-likeness (QED) is 0.641. The highest BCUT2D eigenvalue weighted by molar-refractivity contribution is 5.56. The van der Waals surface area contributed by atoms with E-state index in [2.05, 4.69) is 5.32 Å². The second kappa shape index (κ2) is 9.52. The van der Waals surface area contributed by atoms with Gasteiger partial charge in [0.25, 0.3) is 0 Å². The van der Waals surface area contributed by atoms with Crippen LogP contribution in [0.5, 0.6) is 5.75 Å². The first-order valence-electron chi connectivity index (χ1n) is 6.58. The molecule has 0 fully saturated rings. The van der Waals surface area contributed by atoms with Gasteiger partial charge in [0.05, 0.1) is 38.7 Å². The lowest BCUT2D eigenvalue weighted by atomic mass is 10.2. The molecule has 0 aliphatic rings. The summed E-state index contributed by atoms with van der Waals surface area (Å²) in [6.45, 7) is 4.03. The number of methoxy groups -OCH3 is 1. The molecule has 0 aromatic heterocycles. The van der Waals surface area contributed by atoms with Crippen molar-refractivity contribution >= 4 is 5.69 Å². The number of rotatable bonds is 10. The van der Waals surface area contributed by atoms with Crippen LogP contribution < -0.4 is 10.1 Å². The molecular formula is C14H22FNO4. The monoisotopic (exact) mass is 287 g/mol. The van der Waals surface area contributed by atoms with Gasteiger partial charge in [-0.05, 0) is 19.1 Å². The van der Waals surface area contributed by atoms with Crippen LogP contribution in [0.15, 0.2) is 18.2 Å². The van der Waals surface area contributed by atoms with Crippen molar-refractivity contribution in [3.05, 3.63) is 24.0 Å². The minimum atomic E-state index is -0.661. The Morgan fingerprint density at radius 1 is 1.30 bits per heavy atom. The zero-order chi connectivity index (χ0) is 14.8. The number of ether oxygens (including phenoxy) is 3. The van der Waals surface area contributed by atoms with Crippen LogP contribution in [0.4, 0.5) is 10.1 Å². The molecule has 0 saturated carbocycles. The lowest BCUT2D eigenvalue weighted by molar-refractivity contribution is 0.0103. The minimum absolute atomic E-state index is 0.212. The predicted octanol–water partition coefficient (Wildman–Crippen LogP) is 1.66. The van der Waals surface area contributed by atoms with Gasteiger partial charge in [0, 0.05) is 19.2 Å². The molecule has 0 heterocycles. The average Bonchev–Trinajstić information content (AvgIpc) is 2.45. The molecule has 5 nitrogen and oxygen atoms in total. The molecule has 0 saturated heterocycles. The smallest absolute Gasteiger partial charge is 0.144 e. The fourth-order valence-corrected chi connectivity index (χ4v) is 1.58. The summed E-state index contributed by atoms with van der Waals surface area (Å²) in [7, 11) is 1.47. The summed E-state index contributed by atoms with van der Waals surface area (Å²) in [5, 5.41) is 12.7. The molecule has 0 spiro atoms. The standard InChI is InChI=1S/C14H22FNO4/c1-3-19-6-7-20-10-12(17)9-16-13-5-4-11(15)8-14(13)18-2/h4-5,8,12,16-17H,3,6-7,9-10H2,1-2H3. The van der Waals surface area contributed by atoms with E-state index in [4.69, 9.17) is 14.2 Å². The number of hydrogen-bond donors (Lipinski definition) is 2. The lowest BCUT2D eigenvalue weighted by Crippen LogP contribution is -2.25. The molecule has 1 unspecified atom stereocenters. The molecule has 114 valence electrons. The Labute approximate surface area is 118 Å². The third-order valence-corrected chi connectivity index (χ3v) is 2.58. The fraction of sp³-hybridized carbons (Fsp3) is 0.571. The summed E-state index contributed by atoms with van der Waals surface area (Å²) >= 11 is 0. The molecule has 1 atom stereocenters. The number of aliphatic hydroxyl groups excluding tert-OH is 1. The highest BCUT2D eigenvalue weighted by Gasteiger charge is 2.08. The third-order valence-electron chi connectivity index (χ3n) is 2.58. The Balaban J connectivity index is 2.28. The molecular weight excluding hydrogens is 265 g/mol. The van der Waals surface area contributed by atoms with Crippen molar-refractivity contribution < 1.29 is 23.7 Å². The Bertz CT molecular complexity index is 389. The van der Waals surface area contributed by atoms with Crippen LogP contribution in [-0.2, 0) is 9.47 Å². The Morgan fingerprint density at radius 3 is 2.75 bits per heavy atom. The van der Waals surface area contributed by atoms with Gasteiger partial charge >= 0.3 is 0 Å².